The van der Waals surface area contributed by atoms with Crippen LogP contribution in [0.25, 0.3) is 0 Å². The maximum Gasteiger partial charge on any atom is 0.150 e. The SMILES string of the molecule is O=S(=O)(CCc1ccccc1)CC1C2CC3CC(C2)CC1C3. The minimum absolute atomic E-state index is 0.319. The van der Waals surface area contributed by atoms with E-state index in [1.54, 1.807) is 0 Å². The van der Waals surface area contributed by atoms with E-state index in [1.807, 2.05) is 30.3 Å². The first-order valence-corrected chi connectivity index (χ1v) is 10.7. The Bertz CT molecular complexity index is 592. The van der Waals surface area contributed by atoms with Crippen molar-refractivity contribution in [3.63, 3.8) is 0 Å². The van der Waals surface area contributed by atoms with Crippen LogP contribution in [0.2, 0.25) is 0 Å². The first-order chi connectivity index (χ1) is 10.6. The Morgan fingerprint density at radius 2 is 1.45 bits per heavy atom. The predicted octanol–water partition coefficient (Wildman–Crippen LogP) is 3.72. The molecule has 5 rings (SSSR count). The van der Waals surface area contributed by atoms with Crippen molar-refractivity contribution in [1.29, 1.82) is 0 Å². The molecule has 4 bridgehead atoms. The van der Waals surface area contributed by atoms with E-state index >= 15 is 0 Å². The molecule has 4 fully saturated rings. The summed E-state index contributed by atoms with van der Waals surface area (Å²) in [6.45, 7) is 0. The van der Waals surface area contributed by atoms with Gasteiger partial charge in [-0.15, -0.1) is 0 Å². The Morgan fingerprint density at radius 1 is 0.864 bits per heavy atom. The monoisotopic (exact) mass is 318 g/mol. The fourth-order valence-electron chi connectivity index (χ4n) is 5.60. The van der Waals surface area contributed by atoms with Crippen molar-refractivity contribution in [3.05, 3.63) is 35.9 Å². The van der Waals surface area contributed by atoms with Crippen LogP contribution in [0.3, 0.4) is 0 Å². The molecule has 0 atom stereocenters. The number of benzene rings is 1. The van der Waals surface area contributed by atoms with Crippen molar-refractivity contribution in [1.82, 2.24) is 0 Å². The summed E-state index contributed by atoms with van der Waals surface area (Å²) in [5, 5.41) is 0. The minimum Gasteiger partial charge on any atom is -0.229 e. The van der Waals surface area contributed by atoms with Gasteiger partial charge in [-0.05, 0) is 73.7 Å². The topological polar surface area (TPSA) is 34.1 Å². The Kier molecular flexibility index (Phi) is 3.80. The maximum atomic E-state index is 12.6. The summed E-state index contributed by atoms with van der Waals surface area (Å²) in [5.74, 6) is 4.50. The van der Waals surface area contributed by atoms with Crippen molar-refractivity contribution >= 4 is 9.84 Å². The van der Waals surface area contributed by atoms with Gasteiger partial charge in [0.15, 0.2) is 9.84 Å². The smallest absolute Gasteiger partial charge is 0.150 e. The van der Waals surface area contributed by atoms with Crippen LogP contribution in [0.4, 0.5) is 0 Å². The molecule has 4 aliphatic rings. The molecule has 0 aliphatic heterocycles. The van der Waals surface area contributed by atoms with Crippen LogP contribution in [0, 0.1) is 29.6 Å². The Hall–Kier alpha value is -0.830. The van der Waals surface area contributed by atoms with Crippen molar-refractivity contribution in [2.45, 2.75) is 38.5 Å². The Morgan fingerprint density at radius 3 is 2.05 bits per heavy atom. The summed E-state index contributed by atoms with van der Waals surface area (Å²) < 4.78 is 25.2. The molecule has 0 spiro atoms. The lowest BCUT2D eigenvalue weighted by atomic mass is 9.52. The molecule has 0 radical (unpaired) electrons. The highest BCUT2D eigenvalue weighted by molar-refractivity contribution is 7.91. The van der Waals surface area contributed by atoms with Gasteiger partial charge >= 0.3 is 0 Å². The second-order valence-corrected chi connectivity index (χ2v) is 10.2. The lowest BCUT2D eigenvalue weighted by Gasteiger charge is -2.54. The van der Waals surface area contributed by atoms with Gasteiger partial charge < -0.3 is 0 Å². The normalized spacial score (nSPS) is 36.6. The maximum absolute atomic E-state index is 12.6. The molecule has 22 heavy (non-hydrogen) atoms. The highest BCUT2D eigenvalue weighted by Gasteiger charge is 2.48. The summed E-state index contributed by atoms with van der Waals surface area (Å²) in [6, 6.07) is 10.0. The lowest BCUT2D eigenvalue weighted by Crippen LogP contribution is -2.47. The van der Waals surface area contributed by atoms with Gasteiger partial charge in [0.2, 0.25) is 0 Å². The van der Waals surface area contributed by atoms with E-state index in [2.05, 4.69) is 0 Å². The summed E-state index contributed by atoms with van der Waals surface area (Å²) in [5.41, 5.74) is 1.14. The van der Waals surface area contributed by atoms with E-state index in [0.29, 0.717) is 35.7 Å². The molecular formula is C19H26O2S. The van der Waals surface area contributed by atoms with Gasteiger partial charge in [0.25, 0.3) is 0 Å². The van der Waals surface area contributed by atoms with E-state index < -0.39 is 9.84 Å². The minimum atomic E-state index is -2.92. The van der Waals surface area contributed by atoms with Crippen LogP contribution in [0.1, 0.15) is 37.7 Å². The van der Waals surface area contributed by atoms with E-state index in [-0.39, 0.29) is 0 Å². The molecule has 0 unspecified atom stereocenters. The molecule has 0 heterocycles. The lowest BCUT2D eigenvalue weighted by molar-refractivity contribution is -0.0268. The van der Waals surface area contributed by atoms with Gasteiger partial charge in [0.1, 0.15) is 0 Å². The zero-order chi connectivity index (χ0) is 15.2. The number of aryl methyl sites for hydroxylation is 1. The van der Waals surface area contributed by atoms with Crippen molar-refractivity contribution in [2.75, 3.05) is 11.5 Å². The van der Waals surface area contributed by atoms with Crippen molar-refractivity contribution in [3.8, 4) is 0 Å². The largest absolute Gasteiger partial charge is 0.229 e. The first kappa shape index (κ1) is 14.7. The van der Waals surface area contributed by atoms with Crippen LogP contribution >= 0.6 is 0 Å². The third-order valence-corrected chi connectivity index (χ3v) is 8.13. The van der Waals surface area contributed by atoms with E-state index in [1.165, 1.54) is 32.1 Å². The van der Waals surface area contributed by atoms with Gasteiger partial charge in [-0.3, -0.25) is 0 Å². The van der Waals surface area contributed by atoms with Crippen LogP contribution in [-0.2, 0) is 16.3 Å². The molecule has 0 saturated heterocycles. The standard InChI is InChI=1S/C19H26O2S/c20-22(21,7-6-14-4-2-1-3-5-14)13-19-17-9-15-8-16(11-17)12-18(19)10-15/h1-5,15-19H,6-13H2. The molecule has 4 saturated carbocycles. The average molecular weight is 318 g/mol. The van der Waals surface area contributed by atoms with Gasteiger partial charge in [-0.2, -0.15) is 0 Å². The van der Waals surface area contributed by atoms with Crippen LogP contribution in [0.15, 0.2) is 30.3 Å². The number of hydrogen-bond acceptors (Lipinski definition) is 2. The fourth-order valence-corrected chi connectivity index (χ4v) is 7.45. The van der Waals surface area contributed by atoms with Gasteiger partial charge in [-0.1, -0.05) is 30.3 Å². The molecule has 3 heteroatoms. The zero-order valence-electron chi connectivity index (χ0n) is 13.2. The van der Waals surface area contributed by atoms with Crippen LogP contribution in [0.5, 0.6) is 0 Å². The molecule has 0 N–H and O–H groups in total. The summed E-state index contributed by atoms with van der Waals surface area (Å²) in [7, 11) is -2.92. The van der Waals surface area contributed by atoms with Gasteiger partial charge in [0, 0.05) is 0 Å². The van der Waals surface area contributed by atoms with Crippen molar-refractivity contribution in [2.24, 2.45) is 29.6 Å². The fraction of sp³-hybridized carbons (Fsp3) is 0.684. The van der Waals surface area contributed by atoms with E-state index in [0.717, 1.165) is 17.4 Å². The third-order valence-electron chi connectivity index (χ3n) is 6.41. The quantitative estimate of drug-likeness (QED) is 0.829. The molecule has 120 valence electrons. The van der Waals surface area contributed by atoms with Gasteiger partial charge in [-0.25, -0.2) is 8.42 Å². The molecular weight excluding hydrogens is 292 g/mol. The first-order valence-electron chi connectivity index (χ1n) is 8.83. The second-order valence-electron chi connectivity index (χ2n) is 7.94. The molecule has 1 aromatic carbocycles. The number of sulfone groups is 1. The van der Waals surface area contributed by atoms with E-state index in [4.69, 9.17) is 0 Å². The molecule has 0 aromatic heterocycles. The summed E-state index contributed by atoms with van der Waals surface area (Å²) in [6.07, 6.45) is 7.34. The summed E-state index contributed by atoms with van der Waals surface area (Å²) in [4.78, 5) is 0. The third kappa shape index (κ3) is 2.97. The highest BCUT2D eigenvalue weighted by Crippen LogP contribution is 2.56. The number of hydrogen-bond donors (Lipinski definition) is 0. The van der Waals surface area contributed by atoms with Crippen molar-refractivity contribution < 1.29 is 8.42 Å². The number of rotatable bonds is 5. The highest BCUT2D eigenvalue weighted by atomic mass is 32.2. The molecule has 2 nitrogen and oxygen atoms in total. The Labute approximate surface area is 134 Å². The second kappa shape index (κ2) is 5.67. The van der Waals surface area contributed by atoms with E-state index in [9.17, 15) is 8.42 Å². The van der Waals surface area contributed by atoms with Crippen LogP contribution in [-0.4, -0.2) is 19.9 Å². The molecule has 0 amide bonds. The zero-order valence-corrected chi connectivity index (χ0v) is 14.0. The predicted molar refractivity (Wildman–Crippen MR) is 89.3 cm³/mol. The average Bonchev–Trinajstić information content (AvgIpc) is 2.49. The molecule has 1 aromatic rings. The van der Waals surface area contributed by atoms with Gasteiger partial charge in [0.05, 0.1) is 11.5 Å². The Balaban J connectivity index is 1.40. The van der Waals surface area contributed by atoms with Crippen LogP contribution < -0.4 is 0 Å². The molecule has 4 aliphatic carbocycles. The summed E-state index contributed by atoms with van der Waals surface area (Å²) >= 11 is 0.